The molecule has 0 bridgehead atoms. The van der Waals surface area contributed by atoms with Gasteiger partial charge in [-0.25, -0.2) is 13.9 Å². The van der Waals surface area contributed by atoms with Gasteiger partial charge in [0, 0.05) is 13.0 Å². The molecule has 0 saturated carbocycles. The molecule has 0 radical (unpaired) electrons. The summed E-state index contributed by atoms with van der Waals surface area (Å²) in [5.74, 6) is -3.12. The van der Waals surface area contributed by atoms with Crippen LogP contribution in [0.5, 0.6) is 0 Å². The van der Waals surface area contributed by atoms with Gasteiger partial charge in [0.05, 0.1) is 12.5 Å². The molecule has 0 saturated heterocycles. The van der Waals surface area contributed by atoms with Crippen LogP contribution >= 0.6 is 7.82 Å². The Balaban J connectivity index is 3.29. The molecule has 2 N–H and O–H groups in total. The predicted molar refractivity (Wildman–Crippen MR) is 83.0 cm³/mol. The lowest BCUT2D eigenvalue weighted by molar-refractivity contribution is -0.208. The van der Waals surface area contributed by atoms with Crippen molar-refractivity contribution in [3.63, 3.8) is 0 Å². The van der Waals surface area contributed by atoms with Crippen LogP contribution in [0.4, 0.5) is 0 Å². The third-order valence-electron chi connectivity index (χ3n) is 2.94. The molecule has 26 heavy (non-hydrogen) atoms. The Morgan fingerprint density at radius 2 is 1.77 bits per heavy atom. The standard InChI is InChI=1S/C14H21O11P/c1-7(15)22-10-8(24-13(17)14(2,3)4)6-9(11(16)21-5)23-12(10)25-26(18,19)20/h6,8,10,12H,1-5H3,(H2,18,19,20)/t8-,10+,12+/m0/s1. The van der Waals surface area contributed by atoms with E-state index >= 15 is 0 Å². The van der Waals surface area contributed by atoms with E-state index in [4.69, 9.17) is 24.0 Å². The predicted octanol–water partition coefficient (Wildman–Crippen LogP) is 0.398. The number of phosphoric ester groups is 1. The van der Waals surface area contributed by atoms with Crippen LogP contribution in [0.25, 0.3) is 0 Å². The van der Waals surface area contributed by atoms with E-state index in [1.54, 1.807) is 20.8 Å². The van der Waals surface area contributed by atoms with Crippen molar-refractivity contribution in [3.05, 3.63) is 11.8 Å². The molecular weight excluding hydrogens is 375 g/mol. The fourth-order valence-corrected chi connectivity index (χ4v) is 2.21. The molecule has 0 amide bonds. The number of methoxy groups -OCH3 is 1. The maximum absolute atomic E-state index is 12.2. The van der Waals surface area contributed by atoms with Gasteiger partial charge in [-0.1, -0.05) is 0 Å². The van der Waals surface area contributed by atoms with Gasteiger partial charge in [-0.2, -0.15) is 0 Å². The Hall–Kier alpha value is -1.94. The largest absolute Gasteiger partial charge is 0.472 e. The molecule has 0 spiro atoms. The summed E-state index contributed by atoms with van der Waals surface area (Å²) in [5, 5.41) is 0. The van der Waals surface area contributed by atoms with Crippen molar-refractivity contribution in [2.24, 2.45) is 5.41 Å². The quantitative estimate of drug-likeness (QED) is 0.377. The first-order valence-corrected chi connectivity index (χ1v) is 8.86. The highest BCUT2D eigenvalue weighted by Gasteiger charge is 2.46. The Bertz CT molecular complexity index is 642. The number of ether oxygens (including phenoxy) is 4. The number of rotatable bonds is 5. The van der Waals surface area contributed by atoms with Crippen LogP contribution in [0.3, 0.4) is 0 Å². The molecule has 1 heterocycles. The molecule has 11 nitrogen and oxygen atoms in total. The Labute approximate surface area is 149 Å². The van der Waals surface area contributed by atoms with Crippen molar-refractivity contribution in [3.8, 4) is 0 Å². The topological polar surface area (TPSA) is 155 Å². The van der Waals surface area contributed by atoms with Crippen LogP contribution in [0, 0.1) is 5.41 Å². The van der Waals surface area contributed by atoms with Crippen LogP contribution in [-0.2, 0) is 42.4 Å². The lowest BCUT2D eigenvalue weighted by Crippen LogP contribution is -2.49. The molecule has 1 aliphatic heterocycles. The van der Waals surface area contributed by atoms with Crippen LogP contribution < -0.4 is 0 Å². The Morgan fingerprint density at radius 3 is 2.19 bits per heavy atom. The highest BCUT2D eigenvalue weighted by Crippen LogP contribution is 2.41. The number of carbonyl (C=O) groups is 3. The summed E-state index contributed by atoms with van der Waals surface area (Å²) in [6.07, 6.45) is -3.90. The normalized spacial score (nSPS) is 23.3. The third kappa shape index (κ3) is 6.41. The van der Waals surface area contributed by atoms with E-state index in [1.165, 1.54) is 0 Å². The van der Waals surface area contributed by atoms with Gasteiger partial charge >= 0.3 is 25.7 Å². The first-order chi connectivity index (χ1) is 11.7. The summed E-state index contributed by atoms with van der Waals surface area (Å²) in [5.41, 5.74) is -0.946. The van der Waals surface area contributed by atoms with Gasteiger partial charge in [0.1, 0.15) is 0 Å². The summed E-state index contributed by atoms with van der Waals surface area (Å²) in [7, 11) is -4.07. The average molecular weight is 396 g/mol. The van der Waals surface area contributed by atoms with E-state index in [9.17, 15) is 18.9 Å². The molecule has 0 aromatic carbocycles. The number of esters is 3. The smallest absolute Gasteiger partial charge is 0.463 e. The van der Waals surface area contributed by atoms with E-state index in [0.717, 1.165) is 20.1 Å². The van der Waals surface area contributed by atoms with Gasteiger partial charge in [0.2, 0.25) is 11.9 Å². The Kier molecular flexibility index (Phi) is 6.95. The fraction of sp³-hybridized carbons (Fsp3) is 0.643. The van der Waals surface area contributed by atoms with Gasteiger partial charge in [-0.05, 0) is 20.8 Å². The van der Waals surface area contributed by atoms with Gasteiger partial charge < -0.3 is 28.7 Å². The van der Waals surface area contributed by atoms with Crippen LogP contribution in [0.15, 0.2) is 11.8 Å². The summed E-state index contributed by atoms with van der Waals surface area (Å²) >= 11 is 0. The first kappa shape index (κ1) is 22.1. The van der Waals surface area contributed by atoms with Crippen molar-refractivity contribution in [2.75, 3.05) is 7.11 Å². The fourth-order valence-electron chi connectivity index (χ4n) is 1.78. The molecular formula is C14H21O11P. The Morgan fingerprint density at radius 1 is 1.19 bits per heavy atom. The van der Waals surface area contributed by atoms with Crippen molar-refractivity contribution >= 4 is 25.7 Å². The van der Waals surface area contributed by atoms with E-state index in [1.807, 2.05) is 0 Å². The van der Waals surface area contributed by atoms with Gasteiger partial charge in [0.15, 0.2) is 6.10 Å². The lowest BCUT2D eigenvalue weighted by Gasteiger charge is -2.35. The number of phosphoric acid groups is 1. The minimum absolute atomic E-state index is 0.527. The molecule has 1 aliphatic rings. The molecule has 3 atom stereocenters. The van der Waals surface area contributed by atoms with Crippen LogP contribution in [-0.4, -0.2) is 53.3 Å². The molecule has 0 aliphatic carbocycles. The monoisotopic (exact) mass is 396 g/mol. The molecule has 148 valence electrons. The van der Waals surface area contributed by atoms with Crippen molar-refractivity contribution in [1.82, 2.24) is 0 Å². The zero-order valence-electron chi connectivity index (χ0n) is 14.8. The maximum atomic E-state index is 12.2. The SMILES string of the molecule is COC(=O)C1=C[C@H](OC(=O)C(C)(C)C)[C@@H](OC(C)=O)[C@@H](OP(=O)(O)O)O1. The second kappa shape index (κ2) is 8.17. The van der Waals surface area contributed by atoms with Crippen molar-refractivity contribution < 1.29 is 52.2 Å². The van der Waals surface area contributed by atoms with Crippen LogP contribution in [0.1, 0.15) is 27.7 Å². The summed E-state index contributed by atoms with van der Waals surface area (Å²) < 4.78 is 35.3. The van der Waals surface area contributed by atoms with Crippen molar-refractivity contribution in [1.29, 1.82) is 0 Å². The molecule has 0 aromatic heterocycles. The maximum Gasteiger partial charge on any atom is 0.472 e. The second-order valence-electron chi connectivity index (χ2n) is 6.30. The third-order valence-corrected chi connectivity index (χ3v) is 3.42. The summed E-state index contributed by atoms with van der Waals surface area (Å²) in [6, 6.07) is 0. The van der Waals surface area contributed by atoms with E-state index in [2.05, 4.69) is 9.26 Å². The number of hydrogen-bond acceptors (Lipinski definition) is 9. The van der Waals surface area contributed by atoms with Gasteiger partial charge in [0.25, 0.3) is 6.29 Å². The first-order valence-electron chi connectivity index (χ1n) is 7.33. The molecule has 0 unspecified atom stereocenters. The minimum Gasteiger partial charge on any atom is -0.463 e. The molecule has 12 heteroatoms. The van der Waals surface area contributed by atoms with E-state index in [0.29, 0.717) is 0 Å². The average Bonchev–Trinajstić information content (AvgIpc) is 2.46. The highest BCUT2D eigenvalue weighted by atomic mass is 31.2. The molecule has 1 rings (SSSR count). The van der Waals surface area contributed by atoms with Gasteiger partial charge in [-0.15, -0.1) is 0 Å². The minimum atomic E-state index is -5.11. The van der Waals surface area contributed by atoms with Crippen molar-refractivity contribution in [2.45, 2.75) is 46.2 Å². The lowest BCUT2D eigenvalue weighted by atomic mass is 9.97. The number of carbonyl (C=O) groups excluding carboxylic acids is 3. The summed E-state index contributed by atoms with van der Waals surface area (Å²) in [4.78, 5) is 53.3. The van der Waals surface area contributed by atoms with E-state index < -0.39 is 55.4 Å². The van der Waals surface area contributed by atoms with Gasteiger partial charge in [-0.3, -0.25) is 9.59 Å². The zero-order valence-corrected chi connectivity index (χ0v) is 15.7. The highest BCUT2D eigenvalue weighted by molar-refractivity contribution is 7.46. The number of hydrogen-bond donors (Lipinski definition) is 2. The second-order valence-corrected chi connectivity index (χ2v) is 7.49. The summed E-state index contributed by atoms with van der Waals surface area (Å²) in [6.45, 7) is 5.70. The zero-order chi connectivity index (χ0) is 20.3. The molecule has 0 fully saturated rings. The van der Waals surface area contributed by atoms with Crippen LogP contribution in [0.2, 0.25) is 0 Å². The van der Waals surface area contributed by atoms with E-state index in [-0.39, 0.29) is 0 Å². The molecule has 0 aromatic rings.